The van der Waals surface area contributed by atoms with Crippen LogP contribution in [-0.2, 0) is 11.3 Å². The summed E-state index contributed by atoms with van der Waals surface area (Å²) in [7, 11) is 4.09. The van der Waals surface area contributed by atoms with Crippen molar-refractivity contribution < 1.29 is 4.74 Å². The zero-order chi connectivity index (χ0) is 20.9. The largest absolute Gasteiger partial charge is 0.378 e. The summed E-state index contributed by atoms with van der Waals surface area (Å²) >= 11 is 1.67. The van der Waals surface area contributed by atoms with Gasteiger partial charge in [-0.25, -0.2) is 0 Å². The molecular weight excluding hydrogens is 394 g/mol. The topological polar surface area (TPSA) is 55.2 Å². The number of ether oxygens (including phenoxy) is 1. The van der Waals surface area contributed by atoms with Gasteiger partial charge in [-0.3, -0.25) is 9.88 Å². The van der Waals surface area contributed by atoms with Crippen molar-refractivity contribution in [3.8, 4) is 11.4 Å². The lowest BCUT2D eigenvalue weighted by Gasteiger charge is -2.16. The maximum atomic E-state index is 6.24. The van der Waals surface area contributed by atoms with Crippen LogP contribution in [0.25, 0.3) is 11.4 Å². The molecule has 2 aromatic carbocycles. The van der Waals surface area contributed by atoms with E-state index in [2.05, 4.69) is 55.8 Å². The third-order valence-electron chi connectivity index (χ3n) is 5.03. The summed E-state index contributed by atoms with van der Waals surface area (Å²) in [6, 6.07) is 18.6. The number of hydrogen-bond acceptors (Lipinski definition) is 6. The molecule has 0 aliphatic carbocycles. The Hall–Kier alpha value is -2.61. The zero-order valence-corrected chi connectivity index (χ0v) is 18.2. The van der Waals surface area contributed by atoms with Crippen LogP contribution in [0.4, 0.5) is 5.69 Å². The van der Waals surface area contributed by atoms with Crippen molar-refractivity contribution in [2.24, 2.45) is 0 Å². The van der Waals surface area contributed by atoms with Gasteiger partial charge in [0.05, 0.1) is 6.10 Å². The first kappa shape index (κ1) is 20.7. The molecule has 2 atom stereocenters. The average Bonchev–Trinajstić information content (AvgIpc) is 3.40. The summed E-state index contributed by atoms with van der Waals surface area (Å²) < 4.78 is 8.34. The highest BCUT2D eigenvalue weighted by Gasteiger charge is 2.26. The van der Waals surface area contributed by atoms with Crippen LogP contribution in [0.2, 0.25) is 0 Å². The van der Waals surface area contributed by atoms with Gasteiger partial charge in [0.25, 0.3) is 0 Å². The highest BCUT2D eigenvalue weighted by Crippen LogP contribution is 2.28. The predicted molar refractivity (Wildman–Crippen MR) is 123 cm³/mol. The SMILES string of the molecule is C=CCn1c(SC[C@@H]2CN[C@@H](c3ccc(N(C)C)cc3)O2)nnc1-c1ccccc1. The van der Waals surface area contributed by atoms with E-state index in [1.807, 2.05) is 50.5 Å². The molecule has 2 heterocycles. The lowest BCUT2D eigenvalue weighted by molar-refractivity contribution is 0.0534. The van der Waals surface area contributed by atoms with E-state index in [4.69, 9.17) is 4.74 Å². The molecule has 0 unspecified atom stereocenters. The molecule has 0 saturated carbocycles. The van der Waals surface area contributed by atoms with Gasteiger partial charge in [-0.15, -0.1) is 16.8 Å². The molecule has 1 aliphatic rings. The molecule has 7 heteroatoms. The van der Waals surface area contributed by atoms with E-state index in [-0.39, 0.29) is 12.3 Å². The summed E-state index contributed by atoms with van der Waals surface area (Å²) in [6.45, 7) is 5.37. The molecule has 1 fully saturated rings. The van der Waals surface area contributed by atoms with E-state index in [0.717, 1.165) is 34.4 Å². The monoisotopic (exact) mass is 421 g/mol. The quantitative estimate of drug-likeness (QED) is 0.439. The second kappa shape index (κ2) is 9.47. The van der Waals surface area contributed by atoms with Crippen LogP contribution in [-0.4, -0.2) is 47.3 Å². The molecule has 4 rings (SSSR count). The number of hydrogen-bond donors (Lipinski definition) is 1. The molecule has 1 aliphatic heterocycles. The number of nitrogens with one attached hydrogen (secondary N) is 1. The van der Waals surface area contributed by atoms with Crippen molar-refractivity contribution in [2.75, 3.05) is 31.3 Å². The zero-order valence-electron chi connectivity index (χ0n) is 17.4. The van der Waals surface area contributed by atoms with Gasteiger partial charge >= 0.3 is 0 Å². The lowest BCUT2D eigenvalue weighted by atomic mass is 10.2. The Balaban J connectivity index is 1.39. The van der Waals surface area contributed by atoms with Crippen molar-refractivity contribution >= 4 is 17.4 Å². The molecule has 0 radical (unpaired) electrons. The molecule has 0 spiro atoms. The fraction of sp³-hybridized carbons (Fsp3) is 0.304. The smallest absolute Gasteiger partial charge is 0.191 e. The maximum Gasteiger partial charge on any atom is 0.191 e. The van der Waals surface area contributed by atoms with Gasteiger partial charge in [0, 0.05) is 44.2 Å². The fourth-order valence-corrected chi connectivity index (χ4v) is 4.37. The summed E-state index contributed by atoms with van der Waals surface area (Å²) in [4.78, 5) is 2.09. The molecule has 156 valence electrons. The van der Waals surface area contributed by atoms with Gasteiger partial charge in [-0.1, -0.05) is 60.3 Å². The van der Waals surface area contributed by atoms with Gasteiger partial charge < -0.3 is 9.64 Å². The van der Waals surface area contributed by atoms with Crippen LogP contribution in [0.1, 0.15) is 11.8 Å². The second-order valence-electron chi connectivity index (χ2n) is 7.41. The van der Waals surface area contributed by atoms with Crippen LogP contribution in [0.5, 0.6) is 0 Å². The van der Waals surface area contributed by atoms with E-state index in [0.29, 0.717) is 6.54 Å². The number of aromatic nitrogens is 3. The first-order chi connectivity index (χ1) is 14.7. The Bertz CT molecular complexity index is 971. The first-order valence-corrected chi connectivity index (χ1v) is 11.0. The Labute approximate surface area is 182 Å². The molecular formula is C23H27N5OS. The van der Waals surface area contributed by atoms with E-state index >= 15 is 0 Å². The minimum atomic E-state index is -0.0715. The van der Waals surface area contributed by atoms with Crippen LogP contribution in [0.15, 0.2) is 72.4 Å². The Kier molecular flexibility index (Phi) is 6.52. The third kappa shape index (κ3) is 4.59. The third-order valence-corrected chi connectivity index (χ3v) is 6.13. The van der Waals surface area contributed by atoms with Gasteiger partial charge in [-0.2, -0.15) is 0 Å². The van der Waals surface area contributed by atoms with E-state index in [1.54, 1.807) is 11.8 Å². The lowest BCUT2D eigenvalue weighted by Crippen LogP contribution is -2.17. The summed E-state index contributed by atoms with van der Waals surface area (Å²) in [6.07, 6.45) is 1.92. The number of benzene rings is 2. The normalized spacial score (nSPS) is 18.5. The van der Waals surface area contributed by atoms with Crippen LogP contribution < -0.4 is 10.2 Å². The molecule has 6 nitrogen and oxygen atoms in total. The Morgan fingerprint density at radius 3 is 2.63 bits per heavy atom. The number of rotatable bonds is 8. The first-order valence-electron chi connectivity index (χ1n) is 10.0. The summed E-state index contributed by atoms with van der Waals surface area (Å²) in [5, 5.41) is 13.2. The molecule has 1 saturated heterocycles. The number of thioether (sulfide) groups is 1. The maximum absolute atomic E-state index is 6.24. The van der Waals surface area contributed by atoms with Crippen LogP contribution in [0.3, 0.4) is 0 Å². The molecule has 1 N–H and O–H groups in total. The van der Waals surface area contributed by atoms with Crippen molar-refractivity contribution in [1.29, 1.82) is 0 Å². The standard InChI is InChI=1S/C23H27N5OS/c1-4-14-28-21(17-8-6-5-7-9-17)25-26-23(28)30-16-20-15-24-22(29-20)18-10-12-19(13-11-18)27(2)3/h4-13,20,22,24H,1,14-16H2,2-3H3/t20-,22+/m0/s1. The van der Waals surface area contributed by atoms with Crippen molar-refractivity contribution in [1.82, 2.24) is 20.1 Å². The van der Waals surface area contributed by atoms with E-state index in [1.165, 1.54) is 5.69 Å². The van der Waals surface area contributed by atoms with E-state index < -0.39 is 0 Å². The van der Waals surface area contributed by atoms with Gasteiger partial charge in [-0.05, 0) is 17.7 Å². The van der Waals surface area contributed by atoms with Gasteiger partial charge in [0.15, 0.2) is 11.0 Å². The predicted octanol–water partition coefficient (Wildman–Crippen LogP) is 3.98. The minimum Gasteiger partial charge on any atom is -0.378 e. The number of nitrogens with zero attached hydrogens (tertiary/aromatic N) is 4. The van der Waals surface area contributed by atoms with Gasteiger partial charge in [0.1, 0.15) is 6.23 Å². The molecule has 0 amide bonds. The summed E-state index contributed by atoms with van der Waals surface area (Å²) in [5.74, 6) is 1.67. The van der Waals surface area contributed by atoms with Gasteiger partial charge in [0.2, 0.25) is 0 Å². The molecule has 1 aromatic heterocycles. The average molecular weight is 422 g/mol. The molecule has 0 bridgehead atoms. The van der Waals surface area contributed by atoms with Crippen LogP contribution >= 0.6 is 11.8 Å². The minimum absolute atomic E-state index is 0.0715. The van der Waals surface area contributed by atoms with Crippen molar-refractivity contribution in [3.05, 3.63) is 72.8 Å². The molecule has 3 aromatic rings. The Morgan fingerprint density at radius 1 is 1.17 bits per heavy atom. The van der Waals surface area contributed by atoms with Crippen molar-refractivity contribution in [3.63, 3.8) is 0 Å². The highest BCUT2D eigenvalue weighted by atomic mass is 32.2. The summed E-state index contributed by atoms with van der Waals surface area (Å²) in [5.41, 5.74) is 3.38. The van der Waals surface area contributed by atoms with Crippen molar-refractivity contribution in [2.45, 2.75) is 24.0 Å². The number of allylic oxidation sites excluding steroid dienone is 1. The molecule has 30 heavy (non-hydrogen) atoms. The Morgan fingerprint density at radius 2 is 1.93 bits per heavy atom. The van der Waals surface area contributed by atoms with Crippen LogP contribution in [0, 0.1) is 0 Å². The highest BCUT2D eigenvalue weighted by molar-refractivity contribution is 7.99. The second-order valence-corrected chi connectivity index (χ2v) is 8.40. The number of anilines is 1. The fourth-order valence-electron chi connectivity index (χ4n) is 3.43. The van der Waals surface area contributed by atoms with E-state index in [9.17, 15) is 0 Å².